The summed E-state index contributed by atoms with van der Waals surface area (Å²) in [5, 5.41) is 10.3. The predicted molar refractivity (Wildman–Crippen MR) is 128 cm³/mol. The highest BCUT2D eigenvalue weighted by Gasteiger charge is 2.60. The molecule has 30 heavy (non-hydrogen) atoms. The molecule has 4 rings (SSSR count). The number of rotatable bonds is 5. The highest BCUT2D eigenvalue weighted by molar-refractivity contribution is 5.11. The van der Waals surface area contributed by atoms with Crippen LogP contribution in [0.15, 0.2) is 12.2 Å². The first-order valence-electron chi connectivity index (χ1n) is 13.6. The van der Waals surface area contributed by atoms with Gasteiger partial charge < -0.3 is 5.11 Å². The second-order valence-corrected chi connectivity index (χ2v) is 12.9. The van der Waals surface area contributed by atoms with E-state index >= 15 is 0 Å². The van der Waals surface area contributed by atoms with Crippen molar-refractivity contribution in [1.82, 2.24) is 0 Å². The maximum atomic E-state index is 10.3. The third kappa shape index (κ3) is 3.74. The molecule has 0 amide bonds. The Labute approximate surface area is 187 Å². The molecule has 0 aromatic carbocycles. The summed E-state index contributed by atoms with van der Waals surface area (Å²) < 4.78 is 0. The van der Waals surface area contributed by atoms with Gasteiger partial charge in [-0.05, 0) is 122 Å². The molecule has 10 atom stereocenters. The maximum Gasteiger partial charge on any atom is 0.0543 e. The summed E-state index contributed by atoms with van der Waals surface area (Å²) in [7, 11) is 0. The Balaban J connectivity index is 1.49. The lowest BCUT2D eigenvalue weighted by Crippen LogP contribution is -2.54. The second kappa shape index (κ2) is 8.57. The maximum absolute atomic E-state index is 10.3. The van der Waals surface area contributed by atoms with Crippen molar-refractivity contribution in [3.63, 3.8) is 0 Å². The molecule has 4 aliphatic carbocycles. The first-order valence-corrected chi connectivity index (χ1v) is 13.6. The summed E-state index contributed by atoms with van der Waals surface area (Å²) in [4.78, 5) is 0. The topological polar surface area (TPSA) is 20.2 Å². The summed E-state index contributed by atoms with van der Waals surface area (Å²) in [6, 6.07) is 0. The van der Waals surface area contributed by atoms with Crippen LogP contribution in [0.1, 0.15) is 106 Å². The molecule has 0 aromatic heterocycles. The van der Waals surface area contributed by atoms with E-state index in [4.69, 9.17) is 0 Å². The van der Waals surface area contributed by atoms with E-state index in [1.807, 2.05) is 0 Å². The summed E-state index contributed by atoms with van der Waals surface area (Å²) in [5.41, 5.74) is 1.07. The zero-order chi connectivity index (χ0) is 21.7. The Hall–Kier alpha value is -0.300. The molecular formula is C29H50O. The van der Waals surface area contributed by atoms with E-state index in [1.165, 1.54) is 51.4 Å². The SMILES string of the molecule is CCC(/C=C/[C@@H](C)C1CCC2C3CCC4C[C@@H](O)CC[C@@]4(C)C3CCC21C)C(C)C. The van der Waals surface area contributed by atoms with E-state index in [0.29, 0.717) is 10.8 Å². The Kier molecular flexibility index (Phi) is 6.53. The minimum absolute atomic E-state index is 0.0187. The van der Waals surface area contributed by atoms with Gasteiger partial charge in [0, 0.05) is 0 Å². The van der Waals surface area contributed by atoms with Crippen molar-refractivity contribution in [2.24, 2.45) is 58.2 Å². The van der Waals surface area contributed by atoms with Gasteiger partial charge in [-0.3, -0.25) is 0 Å². The molecule has 0 spiro atoms. The quantitative estimate of drug-likeness (QED) is 0.454. The summed E-state index contributed by atoms with van der Waals surface area (Å²) in [6.45, 7) is 14.9. The van der Waals surface area contributed by atoms with Gasteiger partial charge in [-0.25, -0.2) is 0 Å². The van der Waals surface area contributed by atoms with Gasteiger partial charge in [0.2, 0.25) is 0 Å². The van der Waals surface area contributed by atoms with E-state index in [0.717, 1.165) is 60.2 Å². The van der Waals surface area contributed by atoms with Crippen LogP contribution in [0.3, 0.4) is 0 Å². The van der Waals surface area contributed by atoms with Crippen molar-refractivity contribution in [3.8, 4) is 0 Å². The van der Waals surface area contributed by atoms with Crippen LogP contribution in [0.2, 0.25) is 0 Å². The number of hydrogen-bond donors (Lipinski definition) is 1. The molecule has 172 valence electrons. The first-order chi connectivity index (χ1) is 14.2. The molecule has 4 aliphatic rings. The fraction of sp³-hybridized carbons (Fsp3) is 0.931. The molecule has 4 fully saturated rings. The lowest BCUT2D eigenvalue weighted by atomic mass is 9.44. The average Bonchev–Trinajstić information content (AvgIpc) is 3.06. The molecule has 0 aliphatic heterocycles. The van der Waals surface area contributed by atoms with Gasteiger partial charge in [0.25, 0.3) is 0 Å². The number of hydrogen-bond acceptors (Lipinski definition) is 1. The van der Waals surface area contributed by atoms with Crippen LogP contribution in [0.25, 0.3) is 0 Å². The van der Waals surface area contributed by atoms with Gasteiger partial charge in [0.05, 0.1) is 6.10 Å². The molecule has 7 unspecified atom stereocenters. The van der Waals surface area contributed by atoms with Crippen molar-refractivity contribution in [2.75, 3.05) is 0 Å². The molecule has 0 saturated heterocycles. The zero-order valence-electron chi connectivity index (χ0n) is 20.9. The van der Waals surface area contributed by atoms with E-state index < -0.39 is 0 Å². The van der Waals surface area contributed by atoms with Gasteiger partial charge in [0.1, 0.15) is 0 Å². The van der Waals surface area contributed by atoms with E-state index in [1.54, 1.807) is 0 Å². The molecule has 0 aromatic rings. The van der Waals surface area contributed by atoms with E-state index in [2.05, 4.69) is 53.7 Å². The molecule has 1 N–H and O–H groups in total. The minimum Gasteiger partial charge on any atom is -0.393 e. The number of allylic oxidation sites excluding steroid dienone is 2. The van der Waals surface area contributed by atoms with Gasteiger partial charge in [0.15, 0.2) is 0 Å². The number of aliphatic hydroxyl groups excluding tert-OH is 1. The first kappa shape index (κ1) is 22.9. The second-order valence-electron chi connectivity index (χ2n) is 12.9. The molecule has 0 heterocycles. The van der Waals surface area contributed by atoms with Gasteiger partial charge >= 0.3 is 0 Å². The van der Waals surface area contributed by atoms with Crippen molar-refractivity contribution in [1.29, 1.82) is 0 Å². The predicted octanol–water partition coefficient (Wildman–Crippen LogP) is 7.88. The van der Waals surface area contributed by atoms with Crippen LogP contribution in [0, 0.1) is 58.2 Å². The van der Waals surface area contributed by atoms with Crippen LogP contribution in [-0.4, -0.2) is 11.2 Å². The third-order valence-corrected chi connectivity index (χ3v) is 11.3. The van der Waals surface area contributed by atoms with Crippen LogP contribution in [0.4, 0.5) is 0 Å². The van der Waals surface area contributed by atoms with E-state index in [-0.39, 0.29) is 6.10 Å². The van der Waals surface area contributed by atoms with Gasteiger partial charge in [-0.1, -0.05) is 53.7 Å². The minimum atomic E-state index is -0.0187. The average molecular weight is 415 g/mol. The standard InChI is InChI=1S/C29H50O/c1-7-21(19(2)3)9-8-20(4)25-12-13-26-24-11-10-22-18-23(30)14-16-28(22,5)27(24)15-17-29(25,26)6/h8-9,19-27,30H,7,10-18H2,1-6H3/b9-8+/t20-,21?,22?,23+,24?,25?,26?,27?,28-,29?/m1/s1. The molecule has 1 heteroatoms. The number of fused-ring (bicyclic) bond motifs is 5. The van der Waals surface area contributed by atoms with Crippen LogP contribution < -0.4 is 0 Å². The lowest BCUT2D eigenvalue weighted by Gasteiger charge is -2.61. The Morgan fingerprint density at radius 3 is 2.27 bits per heavy atom. The highest BCUT2D eigenvalue weighted by Crippen LogP contribution is 2.68. The van der Waals surface area contributed by atoms with Crippen molar-refractivity contribution in [2.45, 2.75) is 112 Å². The number of aliphatic hydroxyl groups is 1. The third-order valence-electron chi connectivity index (χ3n) is 11.3. The van der Waals surface area contributed by atoms with Crippen molar-refractivity contribution in [3.05, 3.63) is 12.2 Å². The monoisotopic (exact) mass is 414 g/mol. The van der Waals surface area contributed by atoms with Crippen LogP contribution in [-0.2, 0) is 0 Å². The van der Waals surface area contributed by atoms with E-state index in [9.17, 15) is 5.11 Å². The molecule has 0 bridgehead atoms. The lowest BCUT2D eigenvalue weighted by molar-refractivity contribution is -0.128. The van der Waals surface area contributed by atoms with Gasteiger partial charge in [-0.15, -0.1) is 0 Å². The molecule has 4 saturated carbocycles. The van der Waals surface area contributed by atoms with Crippen LogP contribution >= 0.6 is 0 Å². The fourth-order valence-corrected chi connectivity index (χ4v) is 9.42. The van der Waals surface area contributed by atoms with Crippen molar-refractivity contribution < 1.29 is 5.11 Å². The Morgan fingerprint density at radius 2 is 1.57 bits per heavy atom. The largest absolute Gasteiger partial charge is 0.393 e. The summed E-state index contributed by atoms with van der Waals surface area (Å²) in [6.07, 6.45) is 18.5. The van der Waals surface area contributed by atoms with Crippen molar-refractivity contribution >= 4 is 0 Å². The van der Waals surface area contributed by atoms with Crippen LogP contribution in [0.5, 0.6) is 0 Å². The molecule has 1 nitrogen and oxygen atoms in total. The Bertz CT molecular complexity index is 622. The summed E-state index contributed by atoms with van der Waals surface area (Å²) >= 11 is 0. The zero-order valence-corrected chi connectivity index (χ0v) is 20.9. The summed E-state index contributed by atoms with van der Waals surface area (Å²) in [5.74, 6) is 6.72. The smallest absolute Gasteiger partial charge is 0.0543 e. The Morgan fingerprint density at radius 1 is 0.867 bits per heavy atom. The fourth-order valence-electron chi connectivity index (χ4n) is 9.42. The normalized spacial score (nSPS) is 48.3. The molecular weight excluding hydrogens is 364 g/mol. The molecule has 0 radical (unpaired) electrons. The van der Waals surface area contributed by atoms with Gasteiger partial charge in [-0.2, -0.15) is 0 Å². The highest BCUT2D eigenvalue weighted by atomic mass is 16.3.